The van der Waals surface area contributed by atoms with Crippen molar-refractivity contribution in [2.45, 2.75) is 25.8 Å². The van der Waals surface area contributed by atoms with Crippen LogP contribution in [0.2, 0.25) is 0 Å². The standard InChI is InChI=1S/C16H19N3O/c1-3-17-14-8-7-11-12(14)5-4-6-13(11)15-16(20-2)19-10-9-18-15/h4-6,9-10,14,17H,3,7-8H2,1-2H3. The highest BCUT2D eigenvalue weighted by Crippen LogP contribution is 2.38. The Labute approximate surface area is 119 Å². The second-order valence-corrected chi connectivity index (χ2v) is 4.94. The van der Waals surface area contributed by atoms with Gasteiger partial charge in [-0.2, -0.15) is 0 Å². The molecular formula is C16H19N3O. The third kappa shape index (κ3) is 2.16. The fourth-order valence-corrected chi connectivity index (χ4v) is 2.99. The molecule has 0 amide bonds. The molecule has 3 rings (SSSR count). The summed E-state index contributed by atoms with van der Waals surface area (Å²) in [4.78, 5) is 8.71. The van der Waals surface area contributed by atoms with E-state index < -0.39 is 0 Å². The van der Waals surface area contributed by atoms with Crippen LogP contribution >= 0.6 is 0 Å². The van der Waals surface area contributed by atoms with Gasteiger partial charge in [-0.15, -0.1) is 0 Å². The number of rotatable bonds is 4. The van der Waals surface area contributed by atoms with Crippen molar-refractivity contribution >= 4 is 0 Å². The van der Waals surface area contributed by atoms with Gasteiger partial charge < -0.3 is 10.1 Å². The molecule has 1 unspecified atom stereocenters. The first-order valence-corrected chi connectivity index (χ1v) is 7.05. The Kier molecular flexibility index (Phi) is 3.65. The third-order valence-electron chi connectivity index (χ3n) is 3.83. The van der Waals surface area contributed by atoms with Crippen LogP contribution in [0.5, 0.6) is 5.88 Å². The molecule has 0 spiro atoms. The summed E-state index contributed by atoms with van der Waals surface area (Å²) in [5.74, 6) is 0.591. The first-order chi connectivity index (χ1) is 9.85. The maximum atomic E-state index is 5.34. The van der Waals surface area contributed by atoms with E-state index in [2.05, 4.69) is 40.4 Å². The lowest BCUT2D eigenvalue weighted by Gasteiger charge is -2.14. The van der Waals surface area contributed by atoms with Crippen LogP contribution in [0, 0.1) is 0 Å². The number of aromatic nitrogens is 2. The Balaban J connectivity index is 2.08. The molecule has 104 valence electrons. The molecule has 1 aromatic heterocycles. The fourth-order valence-electron chi connectivity index (χ4n) is 2.99. The molecule has 0 saturated heterocycles. The maximum absolute atomic E-state index is 5.34. The summed E-state index contributed by atoms with van der Waals surface area (Å²) in [6.45, 7) is 3.14. The highest BCUT2D eigenvalue weighted by Gasteiger charge is 2.25. The Morgan fingerprint density at radius 1 is 1.30 bits per heavy atom. The van der Waals surface area contributed by atoms with E-state index in [0.29, 0.717) is 11.9 Å². The first-order valence-electron chi connectivity index (χ1n) is 7.05. The van der Waals surface area contributed by atoms with Gasteiger partial charge in [-0.1, -0.05) is 25.1 Å². The van der Waals surface area contributed by atoms with Crippen LogP contribution in [0.4, 0.5) is 0 Å². The van der Waals surface area contributed by atoms with Gasteiger partial charge >= 0.3 is 0 Å². The first kappa shape index (κ1) is 13.1. The Morgan fingerprint density at radius 2 is 2.15 bits per heavy atom. The molecule has 20 heavy (non-hydrogen) atoms. The quantitative estimate of drug-likeness (QED) is 0.927. The summed E-state index contributed by atoms with van der Waals surface area (Å²) in [5, 5.41) is 3.54. The van der Waals surface area contributed by atoms with E-state index in [-0.39, 0.29) is 0 Å². The number of methoxy groups -OCH3 is 1. The van der Waals surface area contributed by atoms with Crippen LogP contribution in [0.25, 0.3) is 11.3 Å². The third-order valence-corrected chi connectivity index (χ3v) is 3.83. The number of hydrogen-bond donors (Lipinski definition) is 1. The Bertz CT molecular complexity index is 612. The van der Waals surface area contributed by atoms with Gasteiger partial charge in [-0.05, 0) is 30.5 Å². The van der Waals surface area contributed by atoms with Crippen molar-refractivity contribution in [2.75, 3.05) is 13.7 Å². The molecule has 0 bridgehead atoms. The second-order valence-electron chi connectivity index (χ2n) is 4.94. The number of fused-ring (bicyclic) bond motifs is 1. The minimum Gasteiger partial charge on any atom is -0.479 e. The maximum Gasteiger partial charge on any atom is 0.240 e. The van der Waals surface area contributed by atoms with Gasteiger partial charge in [0.05, 0.1) is 7.11 Å². The molecule has 0 fully saturated rings. The topological polar surface area (TPSA) is 47.0 Å². The van der Waals surface area contributed by atoms with E-state index in [9.17, 15) is 0 Å². The van der Waals surface area contributed by atoms with E-state index in [1.54, 1.807) is 19.5 Å². The summed E-state index contributed by atoms with van der Waals surface area (Å²) in [6, 6.07) is 6.87. The number of nitrogens with one attached hydrogen (secondary N) is 1. The molecular weight excluding hydrogens is 250 g/mol. The average Bonchev–Trinajstić information content (AvgIpc) is 2.91. The van der Waals surface area contributed by atoms with Crippen LogP contribution in [0.15, 0.2) is 30.6 Å². The highest BCUT2D eigenvalue weighted by molar-refractivity contribution is 5.70. The van der Waals surface area contributed by atoms with Gasteiger partial charge in [0.15, 0.2) is 0 Å². The Hall–Kier alpha value is -1.94. The zero-order chi connectivity index (χ0) is 13.9. The second kappa shape index (κ2) is 5.59. The van der Waals surface area contributed by atoms with Gasteiger partial charge in [0, 0.05) is 24.0 Å². The van der Waals surface area contributed by atoms with Crippen molar-refractivity contribution in [1.82, 2.24) is 15.3 Å². The lowest BCUT2D eigenvalue weighted by atomic mass is 10.00. The minimum atomic E-state index is 0.456. The number of ether oxygens (including phenoxy) is 1. The van der Waals surface area contributed by atoms with Crippen LogP contribution in [0.1, 0.15) is 30.5 Å². The van der Waals surface area contributed by atoms with Crippen molar-refractivity contribution in [3.8, 4) is 17.1 Å². The summed E-state index contributed by atoms with van der Waals surface area (Å²) < 4.78 is 5.34. The average molecular weight is 269 g/mol. The smallest absolute Gasteiger partial charge is 0.240 e. The van der Waals surface area contributed by atoms with Crippen molar-refractivity contribution in [1.29, 1.82) is 0 Å². The minimum absolute atomic E-state index is 0.456. The summed E-state index contributed by atoms with van der Waals surface area (Å²) in [6.07, 6.45) is 5.59. The zero-order valence-electron chi connectivity index (χ0n) is 11.9. The molecule has 1 heterocycles. The molecule has 1 aliphatic carbocycles. The lowest BCUT2D eigenvalue weighted by molar-refractivity contribution is 0.397. The number of benzene rings is 1. The zero-order valence-corrected chi connectivity index (χ0v) is 11.9. The van der Waals surface area contributed by atoms with Crippen LogP contribution in [-0.2, 0) is 6.42 Å². The van der Waals surface area contributed by atoms with Crippen LogP contribution < -0.4 is 10.1 Å². The summed E-state index contributed by atoms with van der Waals surface area (Å²) in [5.41, 5.74) is 4.74. The van der Waals surface area contributed by atoms with Crippen LogP contribution in [0.3, 0.4) is 0 Å². The SMILES string of the molecule is CCNC1CCc2c(-c3nccnc3OC)cccc21. The molecule has 0 saturated carbocycles. The molecule has 1 atom stereocenters. The van der Waals surface area contributed by atoms with Crippen molar-refractivity contribution < 1.29 is 4.74 Å². The Morgan fingerprint density at radius 3 is 2.95 bits per heavy atom. The highest BCUT2D eigenvalue weighted by atomic mass is 16.5. The van der Waals surface area contributed by atoms with E-state index in [1.807, 2.05) is 0 Å². The van der Waals surface area contributed by atoms with E-state index in [1.165, 1.54) is 11.1 Å². The van der Waals surface area contributed by atoms with Gasteiger partial charge in [-0.25, -0.2) is 9.97 Å². The molecule has 1 aliphatic rings. The van der Waals surface area contributed by atoms with E-state index in [4.69, 9.17) is 4.74 Å². The van der Waals surface area contributed by atoms with E-state index in [0.717, 1.165) is 30.6 Å². The predicted molar refractivity (Wildman–Crippen MR) is 78.8 cm³/mol. The van der Waals surface area contributed by atoms with Gasteiger partial charge in [-0.3, -0.25) is 0 Å². The monoisotopic (exact) mass is 269 g/mol. The molecule has 1 aromatic carbocycles. The van der Waals surface area contributed by atoms with Crippen molar-refractivity contribution in [3.63, 3.8) is 0 Å². The summed E-state index contributed by atoms with van der Waals surface area (Å²) >= 11 is 0. The number of hydrogen-bond acceptors (Lipinski definition) is 4. The van der Waals surface area contributed by atoms with Gasteiger partial charge in [0.1, 0.15) is 5.69 Å². The molecule has 4 heteroatoms. The van der Waals surface area contributed by atoms with Gasteiger partial charge in [0.25, 0.3) is 0 Å². The largest absolute Gasteiger partial charge is 0.479 e. The van der Waals surface area contributed by atoms with Crippen molar-refractivity contribution in [2.24, 2.45) is 0 Å². The lowest BCUT2D eigenvalue weighted by Crippen LogP contribution is -2.18. The van der Waals surface area contributed by atoms with E-state index >= 15 is 0 Å². The predicted octanol–water partition coefficient (Wildman–Crippen LogP) is 2.75. The summed E-state index contributed by atoms with van der Waals surface area (Å²) in [7, 11) is 1.64. The normalized spacial score (nSPS) is 17.0. The fraction of sp³-hybridized carbons (Fsp3) is 0.375. The number of nitrogens with zero attached hydrogens (tertiary/aromatic N) is 2. The molecule has 2 aromatic rings. The molecule has 0 radical (unpaired) electrons. The van der Waals surface area contributed by atoms with Crippen LogP contribution in [-0.4, -0.2) is 23.6 Å². The molecule has 1 N–H and O–H groups in total. The van der Waals surface area contributed by atoms with Gasteiger partial charge in [0.2, 0.25) is 5.88 Å². The molecule has 4 nitrogen and oxygen atoms in total. The molecule has 0 aliphatic heterocycles. The van der Waals surface area contributed by atoms with Crippen molar-refractivity contribution in [3.05, 3.63) is 41.7 Å².